The third-order valence-electron chi connectivity index (χ3n) is 3.52. The van der Waals surface area contributed by atoms with E-state index in [4.69, 9.17) is 0 Å². The SMILES string of the molecule is C[C@H]1CCCCC1NCc1ccccc1. The highest BCUT2D eigenvalue weighted by Gasteiger charge is 2.20. The molecule has 1 aliphatic carbocycles. The Balaban J connectivity index is 1.82. The molecule has 2 rings (SSSR count). The molecule has 0 amide bonds. The van der Waals surface area contributed by atoms with Gasteiger partial charge in [0, 0.05) is 12.6 Å². The van der Waals surface area contributed by atoms with Crippen LogP contribution in [0.25, 0.3) is 0 Å². The first-order valence-corrected chi connectivity index (χ1v) is 6.13. The largest absolute Gasteiger partial charge is 0.310 e. The van der Waals surface area contributed by atoms with Crippen molar-refractivity contribution in [3.63, 3.8) is 0 Å². The van der Waals surface area contributed by atoms with Crippen LogP contribution in [0.3, 0.4) is 0 Å². The van der Waals surface area contributed by atoms with Crippen LogP contribution in [0.1, 0.15) is 38.2 Å². The average molecular weight is 203 g/mol. The highest BCUT2D eigenvalue weighted by Crippen LogP contribution is 2.23. The van der Waals surface area contributed by atoms with Crippen molar-refractivity contribution >= 4 is 0 Å². The fraction of sp³-hybridized carbons (Fsp3) is 0.571. The lowest BCUT2D eigenvalue weighted by Gasteiger charge is -2.29. The summed E-state index contributed by atoms with van der Waals surface area (Å²) in [4.78, 5) is 0. The number of benzene rings is 1. The second-order valence-electron chi connectivity index (χ2n) is 4.73. The van der Waals surface area contributed by atoms with Crippen molar-refractivity contribution in [2.24, 2.45) is 5.92 Å². The predicted molar refractivity (Wildman–Crippen MR) is 64.7 cm³/mol. The third kappa shape index (κ3) is 3.07. The summed E-state index contributed by atoms with van der Waals surface area (Å²) in [5.41, 5.74) is 1.40. The molecule has 0 heterocycles. The minimum absolute atomic E-state index is 0.735. The predicted octanol–water partition coefficient (Wildman–Crippen LogP) is 3.35. The number of hydrogen-bond donors (Lipinski definition) is 1. The van der Waals surface area contributed by atoms with Crippen LogP contribution < -0.4 is 5.32 Å². The maximum Gasteiger partial charge on any atom is 0.0208 e. The molecule has 0 saturated heterocycles. The van der Waals surface area contributed by atoms with Crippen LogP contribution in [0.15, 0.2) is 30.3 Å². The van der Waals surface area contributed by atoms with Crippen molar-refractivity contribution in [2.75, 3.05) is 0 Å². The van der Waals surface area contributed by atoms with Gasteiger partial charge in [-0.15, -0.1) is 0 Å². The monoisotopic (exact) mass is 203 g/mol. The first kappa shape index (κ1) is 10.7. The molecule has 1 nitrogen and oxygen atoms in total. The standard InChI is InChI=1S/C14H21N/c1-12-7-5-6-10-14(12)15-11-13-8-3-2-4-9-13/h2-4,8-9,12,14-15H,5-7,10-11H2,1H3/t12-,14?/m0/s1. The van der Waals surface area contributed by atoms with E-state index in [1.54, 1.807) is 0 Å². The van der Waals surface area contributed by atoms with Gasteiger partial charge in [0.15, 0.2) is 0 Å². The number of hydrogen-bond acceptors (Lipinski definition) is 1. The summed E-state index contributed by atoms with van der Waals surface area (Å²) in [7, 11) is 0. The Labute approximate surface area is 92.9 Å². The molecule has 2 atom stereocenters. The molecule has 1 saturated carbocycles. The van der Waals surface area contributed by atoms with E-state index in [0.717, 1.165) is 18.5 Å². The quantitative estimate of drug-likeness (QED) is 0.794. The zero-order valence-corrected chi connectivity index (χ0v) is 9.58. The molecule has 1 N–H and O–H groups in total. The molecule has 1 unspecified atom stereocenters. The fourth-order valence-electron chi connectivity index (χ4n) is 2.46. The van der Waals surface area contributed by atoms with E-state index in [2.05, 4.69) is 42.6 Å². The minimum atomic E-state index is 0.735. The van der Waals surface area contributed by atoms with Crippen LogP contribution in [0, 0.1) is 5.92 Å². The second-order valence-corrected chi connectivity index (χ2v) is 4.73. The lowest BCUT2D eigenvalue weighted by Crippen LogP contribution is -2.36. The minimum Gasteiger partial charge on any atom is -0.310 e. The smallest absolute Gasteiger partial charge is 0.0208 e. The zero-order valence-electron chi connectivity index (χ0n) is 9.58. The summed E-state index contributed by atoms with van der Waals surface area (Å²) >= 11 is 0. The fourth-order valence-corrected chi connectivity index (χ4v) is 2.46. The maximum absolute atomic E-state index is 3.69. The van der Waals surface area contributed by atoms with Gasteiger partial charge in [0.05, 0.1) is 0 Å². The van der Waals surface area contributed by atoms with Crippen LogP contribution in [-0.2, 0) is 6.54 Å². The van der Waals surface area contributed by atoms with Crippen LogP contribution in [0.4, 0.5) is 0 Å². The van der Waals surface area contributed by atoms with Crippen LogP contribution in [0.5, 0.6) is 0 Å². The van der Waals surface area contributed by atoms with Crippen molar-refractivity contribution in [2.45, 2.75) is 45.2 Å². The Morgan fingerprint density at radius 2 is 1.87 bits per heavy atom. The Hall–Kier alpha value is -0.820. The van der Waals surface area contributed by atoms with Crippen molar-refractivity contribution in [1.29, 1.82) is 0 Å². The van der Waals surface area contributed by atoms with E-state index in [1.165, 1.54) is 31.2 Å². The lowest BCUT2D eigenvalue weighted by atomic mass is 9.86. The van der Waals surface area contributed by atoms with Crippen molar-refractivity contribution in [3.05, 3.63) is 35.9 Å². The molecule has 15 heavy (non-hydrogen) atoms. The van der Waals surface area contributed by atoms with Gasteiger partial charge in [0.2, 0.25) is 0 Å². The molecular weight excluding hydrogens is 182 g/mol. The van der Waals surface area contributed by atoms with Gasteiger partial charge in [-0.1, -0.05) is 50.1 Å². The van der Waals surface area contributed by atoms with Crippen molar-refractivity contribution in [3.8, 4) is 0 Å². The Kier molecular flexibility index (Phi) is 3.79. The summed E-state index contributed by atoms with van der Waals surface area (Å²) in [5.74, 6) is 0.850. The summed E-state index contributed by atoms with van der Waals surface area (Å²) in [6.07, 6.45) is 5.57. The van der Waals surface area contributed by atoms with Gasteiger partial charge in [-0.3, -0.25) is 0 Å². The van der Waals surface area contributed by atoms with Gasteiger partial charge in [0.25, 0.3) is 0 Å². The Morgan fingerprint density at radius 3 is 2.60 bits per heavy atom. The van der Waals surface area contributed by atoms with Gasteiger partial charge >= 0.3 is 0 Å². The molecule has 82 valence electrons. The highest BCUT2D eigenvalue weighted by atomic mass is 14.9. The molecule has 1 aromatic rings. The van der Waals surface area contributed by atoms with Crippen LogP contribution in [0.2, 0.25) is 0 Å². The molecule has 0 spiro atoms. The van der Waals surface area contributed by atoms with Crippen LogP contribution >= 0.6 is 0 Å². The molecule has 0 radical (unpaired) electrons. The molecule has 1 heteroatoms. The van der Waals surface area contributed by atoms with Gasteiger partial charge in [-0.25, -0.2) is 0 Å². The summed E-state index contributed by atoms with van der Waals surface area (Å²) in [6.45, 7) is 3.40. The van der Waals surface area contributed by atoms with Gasteiger partial charge in [-0.2, -0.15) is 0 Å². The lowest BCUT2D eigenvalue weighted by molar-refractivity contribution is 0.279. The summed E-state index contributed by atoms with van der Waals surface area (Å²) < 4.78 is 0. The summed E-state index contributed by atoms with van der Waals surface area (Å²) in [6, 6.07) is 11.4. The van der Waals surface area contributed by atoms with E-state index in [0.29, 0.717) is 0 Å². The molecular formula is C14H21N. The van der Waals surface area contributed by atoms with Gasteiger partial charge in [0.1, 0.15) is 0 Å². The normalized spacial score (nSPS) is 26.5. The van der Waals surface area contributed by atoms with E-state index in [-0.39, 0.29) is 0 Å². The van der Waals surface area contributed by atoms with E-state index >= 15 is 0 Å². The first-order valence-electron chi connectivity index (χ1n) is 6.13. The molecule has 0 aromatic heterocycles. The maximum atomic E-state index is 3.69. The Morgan fingerprint density at radius 1 is 1.13 bits per heavy atom. The average Bonchev–Trinajstić information content (AvgIpc) is 2.29. The van der Waals surface area contributed by atoms with E-state index in [1.807, 2.05) is 0 Å². The van der Waals surface area contributed by atoms with Crippen molar-refractivity contribution < 1.29 is 0 Å². The third-order valence-corrected chi connectivity index (χ3v) is 3.52. The summed E-state index contributed by atoms with van der Waals surface area (Å²) in [5, 5.41) is 3.69. The van der Waals surface area contributed by atoms with Gasteiger partial charge in [-0.05, 0) is 24.3 Å². The van der Waals surface area contributed by atoms with Crippen molar-refractivity contribution in [1.82, 2.24) is 5.32 Å². The first-order chi connectivity index (χ1) is 7.36. The molecule has 0 bridgehead atoms. The molecule has 1 aliphatic rings. The molecule has 1 fully saturated rings. The molecule has 0 aliphatic heterocycles. The van der Waals surface area contributed by atoms with E-state index in [9.17, 15) is 0 Å². The van der Waals surface area contributed by atoms with Crippen LogP contribution in [-0.4, -0.2) is 6.04 Å². The highest BCUT2D eigenvalue weighted by molar-refractivity contribution is 5.14. The van der Waals surface area contributed by atoms with Gasteiger partial charge < -0.3 is 5.32 Å². The number of nitrogens with one attached hydrogen (secondary N) is 1. The Bertz CT molecular complexity index is 281. The number of rotatable bonds is 3. The topological polar surface area (TPSA) is 12.0 Å². The molecule has 1 aromatic carbocycles. The van der Waals surface area contributed by atoms with E-state index < -0.39 is 0 Å². The second kappa shape index (κ2) is 5.32. The zero-order chi connectivity index (χ0) is 10.5.